The first kappa shape index (κ1) is 25.0. The summed E-state index contributed by atoms with van der Waals surface area (Å²) in [7, 11) is 1.32. The number of hydrogen-bond donors (Lipinski definition) is 3. The number of primary amides is 1. The highest BCUT2D eigenvalue weighted by Crippen LogP contribution is 2.26. The molecule has 0 aliphatic carbocycles. The van der Waals surface area contributed by atoms with E-state index in [-0.39, 0.29) is 54.6 Å². The predicted octanol–water partition coefficient (Wildman–Crippen LogP) is 0.788. The van der Waals surface area contributed by atoms with Crippen molar-refractivity contribution in [2.45, 2.75) is 18.8 Å². The standard InChI is InChI=1S/C23H22F2N4O7/c1-33-16-6-11(2-3-13(16)24)7-27-23(32)21-28-15-5-4-14(25)19(18(15)22(31)29-21)36-9-12-8-35-17(10-34-12)20(26)30/h2-6,12,17H,7-10H2,1H3,(H2,26,30)(H,27,32)(H,28,29,31). The molecule has 2 unspecified atom stereocenters. The lowest BCUT2D eigenvalue weighted by atomic mass is 10.2. The average Bonchev–Trinajstić information content (AvgIpc) is 2.87. The van der Waals surface area contributed by atoms with Gasteiger partial charge in [0.05, 0.1) is 25.8 Å². The number of carbonyl (C=O) groups is 2. The van der Waals surface area contributed by atoms with E-state index in [9.17, 15) is 23.2 Å². The summed E-state index contributed by atoms with van der Waals surface area (Å²) in [6.07, 6.45) is -1.50. The molecule has 2 amide bonds. The zero-order valence-electron chi connectivity index (χ0n) is 19.0. The monoisotopic (exact) mass is 504 g/mol. The second-order valence-electron chi connectivity index (χ2n) is 7.83. The van der Waals surface area contributed by atoms with Crippen LogP contribution in [0.25, 0.3) is 10.9 Å². The quantitative estimate of drug-likeness (QED) is 0.407. The molecule has 1 aliphatic heterocycles. The van der Waals surface area contributed by atoms with Crippen LogP contribution in [0.3, 0.4) is 0 Å². The fourth-order valence-corrected chi connectivity index (χ4v) is 3.49. The molecule has 0 bridgehead atoms. The highest BCUT2D eigenvalue weighted by Gasteiger charge is 2.27. The highest BCUT2D eigenvalue weighted by molar-refractivity contribution is 5.93. The van der Waals surface area contributed by atoms with Gasteiger partial charge in [-0.1, -0.05) is 6.07 Å². The van der Waals surface area contributed by atoms with Crippen molar-refractivity contribution in [3.05, 3.63) is 63.7 Å². The van der Waals surface area contributed by atoms with Gasteiger partial charge in [-0.2, -0.15) is 0 Å². The first-order chi connectivity index (χ1) is 17.3. The summed E-state index contributed by atoms with van der Waals surface area (Å²) in [6, 6.07) is 6.39. The number of aromatic amines is 1. The molecule has 4 N–H and O–H groups in total. The number of methoxy groups -OCH3 is 1. The lowest BCUT2D eigenvalue weighted by molar-refractivity contribution is -0.161. The van der Waals surface area contributed by atoms with Gasteiger partial charge in [-0.25, -0.2) is 13.8 Å². The number of fused-ring (bicyclic) bond motifs is 1. The molecule has 2 atom stereocenters. The van der Waals surface area contributed by atoms with E-state index in [1.807, 2.05) is 0 Å². The maximum atomic E-state index is 14.5. The topological polar surface area (TPSA) is 155 Å². The Balaban J connectivity index is 1.48. The van der Waals surface area contributed by atoms with Crippen molar-refractivity contribution in [2.75, 3.05) is 26.9 Å². The molecule has 0 spiro atoms. The van der Waals surface area contributed by atoms with Crippen molar-refractivity contribution in [1.29, 1.82) is 0 Å². The average molecular weight is 504 g/mol. The molecule has 11 nitrogen and oxygen atoms in total. The van der Waals surface area contributed by atoms with Gasteiger partial charge in [0.1, 0.15) is 18.1 Å². The SMILES string of the molecule is COc1cc(CNC(=O)c2nc3ccc(F)c(OCC4COC(C(N)=O)CO4)c3c(=O)[nH]2)ccc1F. The summed E-state index contributed by atoms with van der Waals surface area (Å²) in [4.78, 5) is 42.9. The number of H-pyrrole nitrogens is 1. The molecule has 36 heavy (non-hydrogen) atoms. The van der Waals surface area contributed by atoms with E-state index in [1.165, 1.54) is 31.4 Å². The van der Waals surface area contributed by atoms with Gasteiger partial charge in [0, 0.05) is 6.54 Å². The van der Waals surface area contributed by atoms with E-state index in [4.69, 9.17) is 24.7 Å². The Morgan fingerprint density at radius 2 is 1.97 bits per heavy atom. The van der Waals surface area contributed by atoms with Crippen molar-refractivity contribution >= 4 is 22.7 Å². The fraction of sp³-hybridized carbons (Fsp3) is 0.304. The maximum absolute atomic E-state index is 14.5. The molecule has 1 aromatic heterocycles. The van der Waals surface area contributed by atoms with Crippen molar-refractivity contribution in [2.24, 2.45) is 5.73 Å². The molecule has 0 radical (unpaired) electrons. The summed E-state index contributed by atoms with van der Waals surface area (Å²) in [5.41, 5.74) is 4.95. The van der Waals surface area contributed by atoms with Crippen LogP contribution in [0.15, 0.2) is 35.1 Å². The molecule has 3 aromatic rings. The molecule has 1 fully saturated rings. The summed E-state index contributed by atoms with van der Waals surface area (Å²) >= 11 is 0. The number of nitrogens with two attached hydrogens (primary N) is 1. The van der Waals surface area contributed by atoms with Crippen LogP contribution in [0.2, 0.25) is 0 Å². The first-order valence-electron chi connectivity index (χ1n) is 10.7. The van der Waals surface area contributed by atoms with Crippen LogP contribution >= 0.6 is 0 Å². The fourth-order valence-electron chi connectivity index (χ4n) is 3.49. The number of nitrogens with zero attached hydrogens (tertiary/aromatic N) is 1. The number of nitrogens with one attached hydrogen (secondary N) is 2. The summed E-state index contributed by atoms with van der Waals surface area (Å²) in [6.45, 7) is -0.259. The summed E-state index contributed by atoms with van der Waals surface area (Å²) in [5, 5.41) is 2.37. The molecular weight excluding hydrogens is 482 g/mol. The van der Waals surface area contributed by atoms with Crippen molar-refractivity contribution in [3.8, 4) is 11.5 Å². The van der Waals surface area contributed by atoms with Gasteiger partial charge in [0.2, 0.25) is 5.91 Å². The number of ether oxygens (including phenoxy) is 4. The minimum Gasteiger partial charge on any atom is -0.494 e. The van der Waals surface area contributed by atoms with E-state index < -0.39 is 41.2 Å². The molecule has 1 aliphatic rings. The molecule has 1 saturated heterocycles. The van der Waals surface area contributed by atoms with Crippen LogP contribution in [-0.4, -0.2) is 60.9 Å². The van der Waals surface area contributed by atoms with Crippen LogP contribution in [0.4, 0.5) is 8.78 Å². The number of halogens is 2. The molecule has 13 heteroatoms. The molecule has 0 saturated carbocycles. The van der Waals surface area contributed by atoms with E-state index in [1.54, 1.807) is 0 Å². The smallest absolute Gasteiger partial charge is 0.287 e. The Morgan fingerprint density at radius 3 is 2.67 bits per heavy atom. The molecule has 4 rings (SSSR count). The summed E-state index contributed by atoms with van der Waals surface area (Å²) < 4.78 is 49.2. The number of amides is 2. The van der Waals surface area contributed by atoms with Crippen LogP contribution in [0.1, 0.15) is 16.2 Å². The van der Waals surface area contributed by atoms with Crippen molar-refractivity contribution in [3.63, 3.8) is 0 Å². The number of rotatable bonds is 8. The minimum absolute atomic E-state index is 0.00900. The van der Waals surface area contributed by atoms with Crippen LogP contribution in [0.5, 0.6) is 11.5 Å². The molecule has 190 valence electrons. The largest absolute Gasteiger partial charge is 0.494 e. The Hall–Kier alpha value is -4.10. The van der Waals surface area contributed by atoms with E-state index in [2.05, 4.69) is 15.3 Å². The van der Waals surface area contributed by atoms with Gasteiger partial charge >= 0.3 is 0 Å². The van der Waals surface area contributed by atoms with Gasteiger partial charge in [-0.3, -0.25) is 14.4 Å². The number of hydrogen-bond acceptors (Lipinski definition) is 8. The number of carbonyl (C=O) groups excluding carboxylic acids is 2. The third-order valence-electron chi connectivity index (χ3n) is 5.36. The number of aromatic nitrogens is 2. The molecule has 2 aromatic carbocycles. The number of benzene rings is 2. The van der Waals surface area contributed by atoms with Gasteiger partial charge in [0.25, 0.3) is 11.5 Å². The minimum atomic E-state index is -0.878. The lowest BCUT2D eigenvalue weighted by Crippen LogP contribution is -2.45. The molecule has 2 heterocycles. The maximum Gasteiger partial charge on any atom is 0.287 e. The van der Waals surface area contributed by atoms with Crippen LogP contribution in [-0.2, 0) is 20.8 Å². The zero-order chi connectivity index (χ0) is 25.8. The van der Waals surface area contributed by atoms with Gasteiger partial charge in [-0.15, -0.1) is 0 Å². The third-order valence-corrected chi connectivity index (χ3v) is 5.36. The van der Waals surface area contributed by atoms with E-state index in [0.29, 0.717) is 5.56 Å². The van der Waals surface area contributed by atoms with Gasteiger partial charge in [-0.05, 0) is 29.8 Å². The third kappa shape index (κ3) is 5.42. The van der Waals surface area contributed by atoms with Crippen molar-refractivity contribution < 1.29 is 37.3 Å². The van der Waals surface area contributed by atoms with Crippen molar-refractivity contribution in [1.82, 2.24) is 15.3 Å². The van der Waals surface area contributed by atoms with Crippen LogP contribution < -0.4 is 26.1 Å². The Bertz CT molecular complexity index is 1360. The van der Waals surface area contributed by atoms with E-state index in [0.717, 1.165) is 6.07 Å². The summed E-state index contributed by atoms with van der Waals surface area (Å²) in [5.74, 6) is -3.38. The second-order valence-corrected chi connectivity index (χ2v) is 7.83. The van der Waals surface area contributed by atoms with Crippen LogP contribution in [0, 0.1) is 11.6 Å². The Kier molecular flexibility index (Phi) is 7.41. The zero-order valence-corrected chi connectivity index (χ0v) is 19.0. The second kappa shape index (κ2) is 10.7. The van der Waals surface area contributed by atoms with Gasteiger partial charge in [0.15, 0.2) is 35.1 Å². The van der Waals surface area contributed by atoms with Gasteiger partial charge < -0.3 is 35.0 Å². The Labute approximate surface area is 202 Å². The Morgan fingerprint density at radius 1 is 1.19 bits per heavy atom. The highest BCUT2D eigenvalue weighted by atomic mass is 19.1. The first-order valence-corrected chi connectivity index (χ1v) is 10.7. The lowest BCUT2D eigenvalue weighted by Gasteiger charge is -2.27. The van der Waals surface area contributed by atoms with E-state index >= 15 is 0 Å². The predicted molar refractivity (Wildman–Crippen MR) is 121 cm³/mol. The normalized spacial score (nSPS) is 17.5. The molecular formula is C23H22F2N4O7.